The molecule has 0 N–H and O–H groups in total. The van der Waals surface area contributed by atoms with Gasteiger partial charge in [-0.1, -0.05) is 25.1 Å². The molecule has 0 aliphatic carbocycles. The van der Waals surface area contributed by atoms with Crippen molar-refractivity contribution >= 4 is 15.8 Å². The number of hydrogen-bond donors (Lipinski definition) is 0. The lowest BCUT2D eigenvalue weighted by Gasteiger charge is -2.23. The third kappa shape index (κ3) is 1.57. The van der Waals surface area contributed by atoms with E-state index in [1.54, 1.807) is 25.1 Å². The van der Waals surface area contributed by atoms with Crippen LogP contribution in [0.1, 0.15) is 13.8 Å². The zero-order chi connectivity index (χ0) is 12.7. The monoisotopic (exact) mass is 254 g/mol. The lowest BCUT2D eigenvalue weighted by molar-refractivity contribution is -0.139. The Morgan fingerprint density at radius 1 is 1.29 bits per heavy atom. The number of cyclic esters (lactones) is 1. The summed E-state index contributed by atoms with van der Waals surface area (Å²) in [7, 11) is -3.71. The molecule has 2 rings (SSSR count). The van der Waals surface area contributed by atoms with Gasteiger partial charge in [0.1, 0.15) is 0 Å². The molecule has 1 aliphatic heterocycles. The number of benzene rings is 1. The lowest BCUT2D eigenvalue weighted by atomic mass is 9.99. The first-order valence-electron chi connectivity index (χ1n) is 5.37. The highest BCUT2D eigenvalue weighted by Crippen LogP contribution is 2.37. The van der Waals surface area contributed by atoms with E-state index < -0.39 is 20.6 Å². The number of esters is 1. The van der Waals surface area contributed by atoms with Crippen molar-refractivity contribution in [3.8, 4) is 0 Å². The minimum absolute atomic E-state index is 0.154. The second-order valence-electron chi connectivity index (χ2n) is 4.42. The third-order valence-corrected chi connectivity index (χ3v) is 6.00. The molecule has 1 aromatic rings. The van der Waals surface area contributed by atoms with Crippen molar-refractivity contribution < 1.29 is 17.9 Å². The predicted molar refractivity (Wildman–Crippen MR) is 62.2 cm³/mol. The average molecular weight is 254 g/mol. The minimum Gasteiger partial charge on any atom is -0.464 e. The average Bonchev–Trinajstić information content (AvgIpc) is 2.59. The molecule has 92 valence electrons. The maximum absolute atomic E-state index is 12.5. The second-order valence-corrected chi connectivity index (χ2v) is 6.75. The highest BCUT2D eigenvalue weighted by Gasteiger charge is 2.56. The summed E-state index contributed by atoms with van der Waals surface area (Å²) < 4.78 is 28.3. The molecule has 0 spiro atoms. The standard InChI is InChI=1S/C12H14O4S/c1-9-8-16-11(13)12(9,2)17(14,15)10-6-4-3-5-7-10/h3-7,9H,8H2,1-2H3/t9-,12+/m0/s1. The number of sulfone groups is 1. The van der Waals surface area contributed by atoms with Gasteiger partial charge in [0, 0.05) is 5.92 Å². The molecule has 1 saturated heterocycles. The molecule has 4 nitrogen and oxygen atoms in total. The van der Waals surface area contributed by atoms with Crippen molar-refractivity contribution in [2.45, 2.75) is 23.5 Å². The Balaban J connectivity index is 2.57. The first-order valence-corrected chi connectivity index (χ1v) is 6.86. The fraction of sp³-hybridized carbons (Fsp3) is 0.417. The van der Waals surface area contributed by atoms with E-state index in [0.29, 0.717) is 0 Å². The zero-order valence-electron chi connectivity index (χ0n) is 9.71. The molecule has 0 aromatic heterocycles. The molecule has 1 fully saturated rings. The van der Waals surface area contributed by atoms with Crippen molar-refractivity contribution in [3.05, 3.63) is 30.3 Å². The van der Waals surface area contributed by atoms with Crippen LogP contribution >= 0.6 is 0 Å². The van der Waals surface area contributed by atoms with E-state index in [2.05, 4.69) is 0 Å². The molecule has 2 atom stereocenters. The summed E-state index contributed by atoms with van der Waals surface area (Å²) in [6.07, 6.45) is 0. The number of carbonyl (C=O) groups excluding carboxylic acids is 1. The Bertz CT molecular complexity index is 535. The van der Waals surface area contributed by atoms with Gasteiger partial charge in [0.2, 0.25) is 0 Å². The summed E-state index contributed by atoms with van der Waals surface area (Å²) in [4.78, 5) is 11.9. The van der Waals surface area contributed by atoms with Gasteiger partial charge >= 0.3 is 5.97 Å². The number of hydrogen-bond acceptors (Lipinski definition) is 4. The summed E-state index contributed by atoms with van der Waals surface area (Å²) in [5.74, 6) is -1.01. The molecule has 17 heavy (non-hydrogen) atoms. The van der Waals surface area contributed by atoms with Crippen LogP contribution in [0.25, 0.3) is 0 Å². The van der Waals surface area contributed by atoms with Gasteiger partial charge in [0.25, 0.3) is 0 Å². The van der Waals surface area contributed by atoms with E-state index in [1.807, 2.05) is 0 Å². The van der Waals surface area contributed by atoms with Crippen LogP contribution in [0, 0.1) is 5.92 Å². The van der Waals surface area contributed by atoms with Gasteiger partial charge in [-0.05, 0) is 19.1 Å². The molecule has 5 heteroatoms. The quantitative estimate of drug-likeness (QED) is 0.749. The number of rotatable bonds is 2. The maximum atomic E-state index is 12.5. The van der Waals surface area contributed by atoms with Crippen molar-refractivity contribution in [2.75, 3.05) is 6.61 Å². The summed E-state index contributed by atoms with van der Waals surface area (Å²) in [5.41, 5.74) is 0. The fourth-order valence-corrected chi connectivity index (χ4v) is 3.80. The van der Waals surface area contributed by atoms with Crippen LogP contribution in [-0.2, 0) is 19.4 Å². The minimum atomic E-state index is -3.71. The predicted octanol–water partition coefficient (Wildman–Crippen LogP) is 1.41. The summed E-state index contributed by atoms with van der Waals surface area (Å²) in [6.45, 7) is 3.31. The molecule has 0 radical (unpaired) electrons. The Kier molecular flexibility index (Phi) is 2.73. The topological polar surface area (TPSA) is 60.4 Å². The van der Waals surface area contributed by atoms with Gasteiger partial charge in [-0.2, -0.15) is 0 Å². The highest BCUT2D eigenvalue weighted by atomic mass is 32.2. The molecule has 0 bridgehead atoms. The second kappa shape index (κ2) is 3.84. The van der Waals surface area contributed by atoms with Crippen molar-refractivity contribution in [2.24, 2.45) is 5.92 Å². The number of carbonyl (C=O) groups is 1. The van der Waals surface area contributed by atoms with Gasteiger partial charge in [-0.15, -0.1) is 0 Å². The van der Waals surface area contributed by atoms with Gasteiger partial charge in [-0.3, -0.25) is 4.79 Å². The highest BCUT2D eigenvalue weighted by molar-refractivity contribution is 7.93. The molecule has 1 heterocycles. The Labute approximate surface area is 101 Å². The molecule has 0 amide bonds. The van der Waals surface area contributed by atoms with Gasteiger partial charge < -0.3 is 4.74 Å². The maximum Gasteiger partial charge on any atom is 0.328 e. The van der Waals surface area contributed by atoms with Crippen molar-refractivity contribution in [3.63, 3.8) is 0 Å². The molecule has 1 aromatic carbocycles. The first kappa shape index (κ1) is 12.1. The Hall–Kier alpha value is -1.36. The van der Waals surface area contributed by atoms with E-state index in [1.165, 1.54) is 19.1 Å². The molecular formula is C12H14O4S. The van der Waals surface area contributed by atoms with Crippen LogP contribution in [0.15, 0.2) is 35.2 Å². The normalized spacial score (nSPS) is 29.1. The molecule has 0 saturated carbocycles. The van der Waals surface area contributed by atoms with Gasteiger partial charge in [0.05, 0.1) is 11.5 Å². The van der Waals surface area contributed by atoms with E-state index >= 15 is 0 Å². The van der Waals surface area contributed by atoms with E-state index in [0.717, 1.165) is 0 Å². The summed E-state index contributed by atoms with van der Waals surface area (Å²) in [6, 6.07) is 8.01. The van der Waals surface area contributed by atoms with Crippen molar-refractivity contribution in [1.29, 1.82) is 0 Å². The summed E-state index contributed by atoms with van der Waals surface area (Å²) in [5, 5.41) is 0. The smallest absolute Gasteiger partial charge is 0.328 e. The van der Waals surface area contributed by atoms with Crippen LogP contribution in [0.3, 0.4) is 0 Å². The SMILES string of the molecule is C[C@H]1COC(=O)[C@]1(C)S(=O)(=O)c1ccccc1. The summed E-state index contributed by atoms with van der Waals surface area (Å²) >= 11 is 0. The molecule has 0 unspecified atom stereocenters. The molecule has 1 aliphatic rings. The molecular weight excluding hydrogens is 240 g/mol. The van der Waals surface area contributed by atoms with Crippen LogP contribution in [0.2, 0.25) is 0 Å². The van der Waals surface area contributed by atoms with Crippen LogP contribution in [0.4, 0.5) is 0 Å². The Morgan fingerprint density at radius 3 is 2.35 bits per heavy atom. The van der Waals surface area contributed by atoms with Gasteiger partial charge in [-0.25, -0.2) is 8.42 Å². The largest absolute Gasteiger partial charge is 0.464 e. The first-order chi connectivity index (χ1) is 7.90. The van der Waals surface area contributed by atoms with E-state index in [4.69, 9.17) is 4.74 Å². The zero-order valence-corrected chi connectivity index (χ0v) is 10.5. The Morgan fingerprint density at radius 2 is 1.88 bits per heavy atom. The van der Waals surface area contributed by atoms with Gasteiger partial charge in [0.15, 0.2) is 14.6 Å². The van der Waals surface area contributed by atoms with Crippen LogP contribution in [0.5, 0.6) is 0 Å². The number of ether oxygens (including phenoxy) is 1. The third-order valence-electron chi connectivity index (χ3n) is 3.42. The lowest BCUT2D eigenvalue weighted by Crippen LogP contribution is -2.44. The van der Waals surface area contributed by atoms with E-state index in [-0.39, 0.29) is 17.4 Å². The van der Waals surface area contributed by atoms with Crippen molar-refractivity contribution in [1.82, 2.24) is 0 Å². The van der Waals surface area contributed by atoms with E-state index in [9.17, 15) is 13.2 Å². The van der Waals surface area contributed by atoms with Crippen LogP contribution in [-0.4, -0.2) is 25.7 Å². The van der Waals surface area contributed by atoms with Crippen LogP contribution < -0.4 is 0 Å². The fourth-order valence-electron chi connectivity index (χ4n) is 1.92.